The molecule has 0 aliphatic carbocycles. The lowest BCUT2D eigenvalue weighted by molar-refractivity contribution is -0.119. The topological polar surface area (TPSA) is 84.9 Å². The lowest BCUT2D eigenvalue weighted by Gasteiger charge is -2.15. The van der Waals surface area contributed by atoms with Crippen molar-refractivity contribution in [2.24, 2.45) is 5.92 Å². The second kappa shape index (κ2) is 9.62. The number of carbonyl (C=O) groups is 2. The standard InChI is InChI=1S/C21H25NO5/c1-4-11-27-18-10-9-15(13-19(18)26-3)12-14(2)20(23)22-17-8-6-5-7-16(17)21(24)25/h5-10,13-14H,4,11-12H2,1-3H3,(H,22,23)(H,24,25). The van der Waals surface area contributed by atoms with E-state index in [-0.39, 0.29) is 17.4 Å². The highest BCUT2D eigenvalue weighted by molar-refractivity contribution is 6.01. The zero-order valence-corrected chi connectivity index (χ0v) is 15.8. The summed E-state index contributed by atoms with van der Waals surface area (Å²) in [5.74, 6) is -0.362. The molecule has 0 saturated heterocycles. The smallest absolute Gasteiger partial charge is 0.337 e. The third-order valence-electron chi connectivity index (χ3n) is 4.09. The summed E-state index contributed by atoms with van der Waals surface area (Å²) in [5.41, 5.74) is 1.30. The molecule has 1 atom stereocenters. The van der Waals surface area contributed by atoms with Gasteiger partial charge in [-0.3, -0.25) is 4.79 Å². The number of methoxy groups -OCH3 is 1. The average Bonchev–Trinajstić information content (AvgIpc) is 2.66. The molecule has 1 amide bonds. The van der Waals surface area contributed by atoms with Crippen LogP contribution in [0.5, 0.6) is 11.5 Å². The number of para-hydroxylation sites is 1. The maximum absolute atomic E-state index is 12.5. The first kappa shape index (κ1) is 20.3. The summed E-state index contributed by atoms with van der Waals surface area (Å²) in [6.07, 6.45) is 1.39. The van der Waals surface area contributed by atoms with Crippen molar-refractivity contribution < 1.29 is 24.2 Å². The van der Waals surface area contributed by atoms with Gasteiger partial charge in [0.2, 0.25) is 5.91 Å². The maximum Gasteiger partial charge on any atom is 0.337 e. The van der Waals surface area contributed by atoms with Crippen LogP contribution in [0, 0.1) is 5.92 Å². The van der Waals surface area contributed by atoms with Gasteiger partial charge >= 0.3 is 5.97 Å². The van der Waals surface area contributed by atoms with E-state index in [1.54, 1.807) is 32.2 Å². The third kappa shape index (κ3) is 5.48. The van der Waals surface area contributed by atoms with Gasteiger partial charge in [-0.25, -0.2) is 4.79 Å². The number of hydrogen-bond donors (Lipinski definition) is 2. The number of benzene rings is 2. The number of carboxylic acid groups (broad SMARTS) is 1. The Balaban J connectivity index is 2.07. The summed E-state index contributed by atoms with van der Waals surface area (Å²) in [6.45, 7) is 4.44. The van der Waals surface area contributed by atoms with Gasteiger partial charge in [-0.05, 0) is 42.7 Å². The van der Waals surface area contributed by atoms with Gasteiger partial charge < -0.3 is 19.9 Å². The quantitative estimate of drug-likeness (QED) is 0.696. The Labute approximate surface area is 159 Å². The van der Waals surface area contributed by atoms with Gasteiger partial charge in [-0.15, -0.1) is 0 Å². The summed E-state index contributed by atoms with van der Waals surface area (Å²) in [4.78, 5) is 23.8. The number of nitrogens with one attached hydrogen (secondary N) is 1. The Bertz CT molecular complexity index is 803. The van der Waals surface area contributed by atoms with Crippen molar-refractivity contribution >= 4 is 17.6 Å². The van der Waals surface area contributed by atoms with E-state index in [0.29, 0.717) is 30.2 Å². The van der Waals surface area contributed by atoms with Crippen molar-refractivity contribution in [3.8, 4) is 11.5 Å². The number of ether oxygens (including phenoxy) is 2. The van der Waals surface area contributed by atoms with Gasteiger partial charge in [0.05, 0.1) is 25.0 Å². The average molecular weight is 371 g/mol. The first-order valence-corrected chi connectivity index (χ1v) is 8.89. The Morgan fingerprint density at radius 2 is 1.89 bits per heavy atom. The van der Waals surface area contributed by atoms with E-state index in [9.17, 15) is 14.7 Å². The Kier molecular flexibility index (Phi) is 7.23. The molecule has 2 N–H and O–H groups in total. The molecule has 0 aromatic heterocycles. The van der Waals surface area contributed by atoms with E-state index in [2.05, 4.69) is 5.32 Å². The summed E-state index contributed by atoms with van der Waals surface area (Å²) in [5, 5.41) is 11.9. The minimum absolute atomic E-state index is 0.0668. The number of aromatic carboxylic acids is 1. The molecule has 144 valence electrons. The molecule has 0 heterocycles. The first-order valence-electron chi connectivity index (χ1n) is 8.89. The van der Waals surface area contributed by atoms with Crippen molar-refractivity contribution in [3.63, 3.8) is 0 Å². The zero-order chi connectivity index (χ0) is 19.8. The van der Waals surface area contributed by atoms with E-state index in [1.807, 2.05) is 25.1 Å². The van der Waals surface area contributed by atoms with Crippen molar-refractivity contribution in [2.45, 2.75) is 26.7 Å². The fraction of sp³-hybridized carbons (Fsp3) is 0.333. The predicted molar refractivity (Wildman–Crippen MR) is 104 cm³/mol. The van der Waals surface area contributed by atoms with E-state index in [0.717, 1.165) is 12.0 Å². The minimum atomic E-state index is -1.08. The van der Waals surface area contributed by atoms with Gasteiger partial charge in [-0.2, -0.15) is 0 Å². The van der Waals surface area contributed by atoms with Crippen molar-refractivity contribution in [2.75, 3.05) is 19.0 Å². The van der Waals surface area contributed by atoms with Crippen LogP contribution in [0.2, 0.25) is 0 Å². The maximum atomic E-state index is 12.5. The Morgan fingerprint density at radius 1 is 1.15 bits per heavy atom. The largest absolute Gasteiger partial charge is 0.493 e. The molecule has 27 heavy (non-hydrogen) atoms. The van der Waals surface area contributed by atoms with Crippen LogP contribution in [0.25, 0.3) is 0 Å². The molecule has 2 aromatic rings. The summed E-state index contributed by atoms with van der Waals surface area (Å²) >= 11 is 0. The van der Waals surface area contributed by atoms with E-state index in [1.165, 1.54) is 6.07 Å². The lowest BCUT2D eigenvalue weighted by Crippen LogP contribution is -2.23. The number of carbonyl (C=O) groups excluding carboxylic acids is 1. The highest BCUT2D eigenvalue weighted by atomic mass is 16.5. The van der Waals surface area contributed by atoms with E-state index < -0.39 is 5.97 Å². The summed E-state index contributed by atoms with van der Waals surface area (Å²) in [6, 6.07) is 12.0. The molecule has 6 heteroatoms. The zero-order valence-electron chi connectivity index (χ0n) is 15.8. The molecule has 0 aliphatic rings. The first-order chi connectivity index (χ1) is 13.0. The SMILES string of the molecule is CCCOc1ccc(CC(C)C(=O)Nc2ccccc2C(=O)O)cc1OC. The number of amides is 1. The number of anilines is 1. The molecule has 2 aromatic carbocycles. The second-order valence-corrected chi connectivity index (χ2v) is 6.28. The molecule has 0 fully saturated rings. The van der Waals surface area contributed by atoms with Crippen LogP contribution in [0.1, 0.15) is 36.2 Å². The van der Waals surface area contributed by atoms with Crippen LogP contribution in [0.4, 0.5) is 5.69 Å². The fourth-order valence-electron chi connectivity index (χ4n) is 2.65. The van der Waals surface area contributed by atoms with Gasteiger partial charge in [-0.1, -0.05) is 32.0 Å². The van der Waals surface area contributed by atoms with Crippen molar-refractivity contribution in [1.29, 1.82) is 0 Å². The summed E-state index contributed by atoms with van der Waals surface area (Å²) < 4.78 is 11.0. The number of carboxylic acids is 1. The third-order valence-corrected chi connectivity index (χ3v) is 4.09. The van der Waals surface area contributed by atoms with Gasteiger partial charge in [0.1, 0.15) is 0 Å². The van der Waals surface area contributed by atoms with Crippen molar-refractivity contribution in [1.82, 2.24) is 0 Å². The minimum Gasteiger partial charge on any atom is -0.493 e. The van der Waals surface area contributed by atoms with Crippen LogP contribution in [0.15, 0.2) is 42.5 Å². The number of rotatable bonds is 9. The highest BCUT2D eigenvalue weighted by Crippen LogP contribution is 2.29. The molecule has 0 saturated carbocycles. The fourth-order valence-corrected chi connectivity index (χ4v) is 2.65. The van der Waals surface area contributed by atoms with Crippen LogP contribution >= 0.6 is 0 Å². The van der Waals surface area contributed by atoms with Crippen molar-refractivity contribution in [3.05, 3.63) is 53.6 Å². The van der Waals surface area contributed by atoms with Crippen LogP contribution in [0.3, 0.4) is 0 Å². The molecule has 0 aliphatic heterocycles. The molecular formula is C21H25NO5. The predicted octanol–water partition coefficient (Wildman–Crippen LogP) is 4.00. The lowest BCUT2D eigenvalue weighted by atomic mass is 9.99. The Hall–Kier alpha value is -3.02. The van der Waals surface area contributed by atoms with Gasteiger partial charge in [0.15, 0.2) is 11.5 Å². The summed E-state index contributed by atoms with van der Waals surface area (Å²) in [7, 11) is 1.58. The van der Waals surface area contributed by atoms with Crippen LogP contribution in [-0.4, -0.2) is 30.7 Å². The normalized spacial score (nSPS) is 11.5. The molecule has 0 bridgehead atoms. The molecule has 0 radical (unpaired) electrons. The Morgan fingerprint density at radius 3 is 2.56 bits per heavy atom. The van der Waals surface area contributed by atoms with E-state index >= 15 is 0 Å². The molecule has 0 spiro atoms. The molecule has 2 rings (SSSR count). The van der Waals surface area contributed by atoms with Crippen LogP contribution in [-0.2, 0) is 11.2 Å². The van der Waals surface area contributed by atoms with Gasteiger partial charge in [0.25, 0.3) is 0 Å². The van der Waals surface area contributed by atoms with Crippen LogP contribution < -0.4 is 14.8 Å². The highest BCUT2D eigenvalue weighted by Gasteiger charge is 2.18. The van der Waals surface area contributed by atoms with E-state index in [4.69, 9.17) is 9.47 Å². The molecule has 1 unspecified atom stereocenters. The van der Waals surface area contributed by atoms with Gasteiger partial charge in [0, 0.05) is 5.92 Å². The monoisotopic (exact) mass is 371 g/mol. The molecule has 6 nitrogen and oxygen atoms in total. The number of hydrogen-bond acceptors (Lipinski definition) is 4. The second-order valence-electron chi connectivity index (χ2n) is 6.28. The molecular weight excluding hydrogens is 346 g/mol.